The molecule has 0 bridgehead atoms. The minimum Gasteiger partial charge on any atom is -0.394 e. The Morgan fingerprint density at radius 3 is 2.10 bits per heavy atom. The lowest BCUT2D eigenvalue weighted by Crippen LogP contribution is -2.60. The standard InChI is InChI=1S/C12H22O9/c13-3-6-5(1-2-8(15)19-6)20-12-11(18)10(17)9(16)7(4-14)21-12/h5-18H,1-4H2/t5?,6-,7-,8+,9-,10+,11-,12+/m1/s1. The summed E-state index contributed by atoms with van der Waals surface area (Å²) >= 11 is 0. The second-order valence-electron chi connectivity index (χ2n) is 5.26. The van der Waals surface area contributed by atoms with Gasteiger partial charge in [0.1, 0.15) is 30.5 Å². The van der Waals surface area contributed by atoms with Crippen molar-refractivity contribution in [2.24, 2.45) is 0 Å². The predicted molar refractivity (Wildman–Crippen MR) is 65.8 cm³/mol. The van der Waals surface area contributed by atoms with Gasteiger partial charge in [0.15, 0.2) is 12.6 Å². The van der Waals surface area contributed by atoms with Crippen molar-refractivity contribution < 1.29 is 44.8 Å². The van der Waals surface area contributed by atoms with E-state index in [1.54, 1.807) is 0 Å². The van der Waals surface area contributed by atoms with Crippen molar-refractivity contribution in [2.75, 3.05) is 13.2 Å². The number of hydrogen-bond donors (Lipinski definition) is 6. The largest absolute Gasteiger partial charge is 0.394 e. The Morgan fingerprint density at radius 1 is 0.810 bits per heavy atom. The first-order valence-electron chi connectivity index (χ1n) is 6.88. The van der Waals surface area contributed by atoms with Crippen LogP contribution in [0.2, 0.25) is 0 Å². The summed E-state index contributed by atoms with van der Waals surface area (Å²) < 4.78 is 15.8. The second kappa shape index (κ2) is 7.27. The molecule has 0 radical (unpaired) electrons. The zero-order chi connectivity index (χ0) is 15.6. The van der Waals surface area contributed by atoms with Gasteiger partial charge in [-0.3, -0.25) is 0 Å². The van der Waals surface area contributed by atoms with Crippen LogP contribution < -0.4 is 0 Å². The Balaban J connectivity index is 2.00. The summed E-state index contributed by atoms with van der Waals surface area (Å²) in [6.07, 6.45) is -8.60. The van der Waals surface area contributed by atoms with Crippen molar-refractivity contribution in [3.05, 3.63) is 0 Å². The highest BCUT2D eigenvalue weighted by atomic mass is 16.7. The molecular weight excluding hydrogens is 288 g/mol. The molecule has 21 heavy (non-hydrogen) atoms. The van der Waals surface area contributed by atoms with Gasteiger partial charge >= 0.3 is 0 Å². The highest BCUT2D eigenvalue weighted by molar-refractivity contribution is 4.90. The highest BCUT2D eigenvalue weighted by Gasteiger charge is 2.46. The van der Waals surface area contributed by atoms with Crippen LogP contribution in [0.4, 0.5) is 0 Å². The summed E-state index contributed by atoms with van der Waals surface area (Å²) in [7, 11) is 0. The monoisotopic (exact) mass is 310 g/mol. The molecule has 0 amide bonds. The van der Waals surface area contributed by atoms with Crippen molar-refractivity contribution in [1.29, 1.82) is 0 Å². The lowest BCUT2D eigenvalue weighted by Gasteiger charge is -2.42. The summed E-state index contributed by atoms with van der Waals surface area (Å²) in [4.78, 5) is 0. The second-order valence-corrected chi connectivity index (χ2v) is 5.26. The maximum Gasteiger partial charge on any atom is 0.187 e. The molecule has 2 rings (SSSR count). The summed E-state index contributed by atoms with van der Waals surface area (Å²) in [6.45, 7) is -0.937. The fourth-order valence-corrected chi connectivity index (χ4v) is 2.52. The molecule has 6 N–H and O–H groups in total. The van der Waals surface area contributed by atoms with Gasteiger partial charge < -0.3 is 44.8 Å². The van der Waals surface area contributed by atoms with Crippen LogP contribution in [0.3, 0.4) is 0 Å². The Hall–Kier alpha value is -0.360. The first-order valence-corrected chi connectivity index (χ1v) is 6.88. The molecular formula is C12H22O9. The van der Waals surface area contributed by atoms with E-state index in [-0.39, 0.29) is 6.61 Å². The molecule has 0 aromatic rings. The van der Waals surface area contributed by atoms with Crippen molar-refractivity contribution in [3.8, 4) is 0 Å². The lowest BCUT2D eigenvalue weighted by atomic mass is 9.99. The molecule has 8 atom stereocenters. The van der Waals surface area contributed by atoms with E-state index >= 15 is 0 Å². The smallest absolute Gasteiger partial charge is 0.187 e. The molecule has 9 nitrogen and oxygen atoms in total. The van der Waals surface area contributed by atoms with Crippen LogP contribution in [0, 0.1) is 0 Å². The third kappa shape index (κ3) is 3.70. The van der Waals surface area contributed by atoms with Gasteiger partial charge in [-0.15, -0.1) is 0 Å². The number of rotatable bonds is 4. The molecule has 2 aliphatic rings. The molecule has 2 saturated heterocycles. The zero-order valence-electron chi connectivity index (χ0n) is 11.4. The molecule has 0 saturated carbocycles. The molecule has 2 aliphatic heterocycles. The summed E-state index contributed by atoms with van der Waals surface area (Å²) in [5.41, 5.74) is 0. The van der Waals surface area contributed by atoms with Crippen molar-refractivity contribution in [3.63, 3.8) is 0 Å². The number of ether oxygens (including phenoxy) is 3. The van der Waals surface area contributed by atoms with Gasteiger partial charge in [-0.25, -0.2) is 0 Å². The molecule has 124 valence electrons. The Bertz CT molecular complexity index is 326. The average molecular weight is 310 g/mol. The van der Waals surface area contributed by atoms with Crippen LogP contribution in [-0.2, 0) is 14.2 Å². The van der Waals surface area contributed by atoms with Crippen LogP contribution in [0.25, 0.3) is 0 Å². The Labute approximate surface area is 121 Å². The summed E-state index contributed by atoms with van der Waals surface area (Å²) in [6, 6.07) is 0. The maximum atomic E-state index is 9.87. The van der Waals surface area contributed by atoms with Crippen LogP contribution >= 0.6 is 0 Å². The highest BCUT2D eigenvalue weighted by Crippen LogP contribution is 2.27. The van der Waals surface area contributed by atoms with E-state index in [1.807, 2.05) is 0 Å². The normalized spacial score (nSPS) is 48.3. The van der Waals surface area contributed by atoms with Gasteiger partial charge in [-0.1, -0.05) is 0 Å². The molecule has 0 aliphatic carbocycles. The summed E-state index contributed by atoms with van der Waals surface area (Å²) in [5.74, 6) is 0. The Kier molecular flexibility index (Phi) is 5.88. The molecule has 0 spiro atoms. The minimum atomic E-state index is -1.52. The third-order valence-corrected chi connectivity index (χ3v) is 3.78. The first kappa shape index (κ1) is 17.0. The van der Waals surface area contributed by atoms with E-state index < -0.39 is 55.8 Å². The fourth-order valence-electron chi connectivity index (χ4n) is 2.52. The van der Waals surface area contributed by atoms with Gasteiger partial charge in [-0.05, 0) is 6.42 Å². The molecule has 0 aromatic carbocycles. The van der Waals surface area contributed by atoms with Crippen LogP contribution in [0.1, 0.15) is 12.8 Å². The first-order chi connectivity index (χ1) is 9.97. The van der Waals surface area contributed by atoms with Crippen molar-refractivity contribution >= 4 is 0 Å². The average Bonchev–Trinajstić information content (AvgIpc) is 2.49. The zero-order valence-corrected chi connectivity index (χ0v) is 11.4. The SMILES string of the molecule is OC[C@H]1O[C@H](O)CCC1O[C@H]1O[C@H](CO)[C@@H](O)[C@H](O)[C@H]1O. The van der Waals surface area contributed by atoms with Crippen LogP contribution in [-0.4, -0.2) is 93.1 Å². The van der Waals surface area contributed by atoms with Gasteiger partial charge in [0.05, 0.1) is 19.3 Å². The third-order valence-electron chi connectivity index (χ3n) is 3.78. The van der Waals surface area contributed by atoms with E-state index in [9.17, 15) is 25.5 Å². The summed E-state index contributed by atoms with van der Waals surface area (Å²) in [5, 5.41) is 56.9. The Morgan fingerprint density at radius 2 is 1.48 bits per heavy atom. The van der Waals surface area contributed by atoms with E-state index in [4.69, 9.17) is 19.3 Å². The van der Waals surface area contributed by atoms with Crippen LogP contribution in [0.15, 0.2) is 0 Å². The van der Waals surface area contributed by atoms with Crippen molar-refractivity contribution in [1.82, 2.24) is 0 Å². The van der Waals surface area contributed by atoms with Crippen molar-refractivity contribution in [2.45, 2.75) is 62.0 Å². The topological polar surface area (TPSA) is 149 Å². The molecule has 9 heteroatoms. The van der Waals surface area contributed by atoms with E-state index in [1.165, 1.54) is 0 Å². The van der Waals surface area contributed by atoms with Gasteiger partial charge in [0.2, 0.25) is 0 Å². The number of aliphatic hydroxyl groups is 6. The van der Waals surface area contributed by atoms with E-state index in [2.05, 4.69) is 0 Å². The fraction of sp³-hybridized carbons (Fsp3) is 1.00. The van der Waals surface area contributed by atoms with Gasteiger partial charge in [0, 0.05) is 6.42 Å². The number of aliphatic hydroxyl groups excluding tert-OH is 6. The molecule has 1 unspecified atom stereocenters. The van der Waals surface area contributed by atoms with Crippen LogP contribution in [0.5, 0.6) is 0 Å². The molecule has 2 heterocycles. The van der Waals surface area contributed by atoms with E-state index in [0.717, 1.165) is 0 Å². The maximum absolute atomic E-state index is 9.87. The van der Waals surface area contributed by atoms with Gasteiger partial charge in [-0.2, -0.15) is 0 Å². The van der Waals surface area contributed by atoms with Gasteiger partial charge in [0.25, 0.3) is 0 Å². The molecule has 0 aromatic heterocycles. The van der Waals surface area contributed by atoms with E-state index in [0.29, 0.717) is 12.8 Å². The predicted octanol–water partition coefficient (Wildman–Crippen LogP) is -3.34. The molecule has 2 fully saturated rings. The lowest BCUT2D eigenvalue weighted by molar-refractivity contribution is -0.330. The quantitative estimate of drug-likeness (QED) is 0.313. The minimum absolute atomic E-state index is 0.290. The number of hydrogen-bond acceptors (Lipinski definition) is 9.